The molecule has 1 fully saturated rings. The third-order valence-corrected chi connectivity index (χ3v) is 5.61. The molecule has 4 rings (SSSR count). The second kappa shape index (κ2) is 8.04. The standard InChI is InChI=1S/C20H19FN4O3S/c1-28-13-5-7-16-17(11-13)29-19(22-16)24-18(26)14-10-12(21)4-6-15(14)23-20(27)25-8-2-3-9-25/h4-7,10-11H,2-3,8-9H2,1H3,(H,23,27)(H,22,24,26). The van der Waals surface area contributed by atoms with Crippen LogP contribution in [-0.2, 0) is 0 Å². The Balaban J connectivity index is 1.56. The number of hydrogen-bond donors (Lipinski definition) is 2. The zero-order valence-corrected chi connectivity index (χ0v) is 16.5. The fourth-order valence-corrected chi connectivity index (χ4v) is 4.07. The number of aromatic nitrogens is 1. The van der Waals surface area contributed by atoms with Crippen LogP contribution in [0.2, 0.25) is 0 Å². The van der Waals surface area contributed by atoms with Crippen molar-refractivity contribution in [3.63, 3.8) is 0 Å². The van der Waals surface area contributed by atoms with Crippen molar-refractivity contribution in [3.05, 3.63) is 47.8 Å². The van der Waals surface area contributed by atoms with Gasteiger partial charge in [-0.15, -0.1) is 0 Å². The van der Waals surface area contributed by atoms with Gasteiger partial charge in [-0.3, -0.25) is 10.1 Å². The van der Waals surface area contributed by atoms with Gasteiger partial charge in [-0.25, -0.2) is 14.2 Å². The number of nitrogens with one attached hydrogen (secondary N) is 2. The Labute approximate surface area is 170 Å². The van der Waals surface area contributed by atoms with Gasteiger partial charge in [0.1, 0.15) is 11.6 Å². The first-order chi connectivity index (χ1) is 14.0. The second-order valence-corrected chi connectivity index (χ2v) is 7.65. The molecule has 0 unspecified atom stereocenters. The quantitative estimate of drug-likeness (QED) is 0.666. The number of fused-ring (bicyclic) bond motifs is 1. The SMILES string of the molecule is COc1ccc2nc(NC(=O)c3cc(F)ccc3NC(=O)N3CCCC3)sc2c1. The second-order valence-electron chi connectivity index (χ2n) is 6.62. The molecule has 0 spiro atoms. The molecule has 1 aliphatic rings. The largest absolute Gasteiger partial charge is 0.497 e. The minimum absolute atomic E-state index is 0.0365. The highest BCUT2D eigenvalue weighted by Gasteiger charge is 2.21. The zero-order valence-electron chi connectivity index (χ0n) is 15.7. The number of methoxy groups -OCH3 is 1. The number of benzene rings is 2. The minimum atomic E-state index is -0.566. The average molecular weight is 414 g/mol. The van der Waals surface area contributed by atoms with Crippen molar-refractivity contribution in [2.45, 2.75) is 12.8 Å². The van der Waals surface area contributed by atoms with Crippen LogP contribution in [0, 0.1) is 5.82 Å². The van der Waals surface area contributed by atoms with Crippen LogP contribution < -0.4 is 15.4 Å². The van der Waals surface area contributed by atoms with Crippen molar-refractivity contribution in [1.29, 1.82) is 0 Å². The van der Waals surface area contributed by atoms with Crippen LogP contribution in [0.4, 0.5) is 20.0 Å². The fourth-order valence-electron chi connectivity index (χ4n) is 3.18. The van der Waals surface area contributed by atoms with E-state index in [-0.39, 0.29) is 17.3 Å². The van der Waals surface area contributed by atoms with Crippen LogP contribution in [0.15, 0.2) is 36.4 Å². The minimum Gasteiger partial charge on any atom is -0.497 e. The predicted octanol–water partition coefficient (Wildman–Crippen LogP) is 4.32. The molecule has 29 heavy (non-hydrogen) atoms. The number of hydrogen-bond acceptors (Lipinski definition) is 5. The summed E-state index contributed by atoms with van der Waals surface area (Å²) in [5.41, 5.74) is 1.01. The molecule has 2 N–H and O–H groups in total. The van der Waals surface area contributed by atoms with Crippen molar-refractivity contribution in [1.82, 2.24) is 9.88 Å². The van der Waals surface area contributed by atoms with E-state index in [1.54, 1.807) is 24.1 Å². The third kappa shape index (κ3) is 4.14. The highest BCUT2D eigenvalue weighted by Crippen LogP contribution is 2.30. The van der Waals surface area contributed by atoms with E-state index in [0.717, 1.165) is 23.6 Å². The van der Waals surface area contributed by atoms with Crippen LogP contribution in [0.25, 0.3) is 10.2 Å². The summed E-state index contributed by atoms with van der Waals surface area (Å²) in [7, 11) is 1.58. The van der Waals surface area contributed by atoms with Gasteiger partial charge in [0.25, 0.3) is 5.91 Å². The Hall–Kier alpha value is -3.20. The van der Waals surface area contributed by atoms with E-state index in [9.17, 15) is 14.0 Å². The topological polar surface area (TPSA) is 83.6 Å². The molecule has 0 aliphatic carbocycles. The molecule has 0 radical (unpaired) electrons. The van der Waals surface area contributed by atoms with E-state index in [1.807, 2.05) is 6.07 Å². The van der Waals surface area contributed by atoms with Crippen LogP contribution in [0.5, 0.6) is 5.75 Å². The van der Waals surface area contributed by atoms with Crippen molar-refractivity contribution < 1.29 is 18.7 Å². The summed E-state index contributed by atoms with van der Waals surface area (Å²) in [6.45, 7) is 1.34. The van der Waals surface area contributed by atoms with Gasteiger partial charge < -0.3 is 15.0 Å². The number of rotatable bonds is 4. The maximum atomic E-state index is 13.8. The molecule has 0 bridgehead atoms. The van der Waals surface area contributed by atoms with Crippen molar-refractivity contribution in [2.75, 3.05) is 30.8 Å². The van der Waals surface area contributed by atoms with Gasteiger partial charge in [-0.1, -0.05) is 11.3 Å². The van der Waals surface area contributed by atoms with Gasteiger partial charge >= 0.3 is 6.03 Å². The van der Waals surface area contributed by atoms with Crippen LogP contribution >= 0.6 is 11.3 Å². The normalized spacial score (nSPS) is 13.5. The number of halogens is 1. The van der Waals surface area contributed by atoms with Crippen molar-refractivity contribution in [2.24, 2.45) is 0 Å². The summed E-state index contributed by atoms with van der Waals surface area (Å²) in [6, 6.07) is 8.81. The van der Waals surface area contributed by atoms with E-state index in [1.165, 1.54) is 23.5 Å². The third-order valence-electron chi connectivity index (χ3n) is 4.68. The number of likely N-dealkylation sites (tertiary alicyclic amines) is 1. The van der Waals surface area contributed by atoms with Crippen molar-refractivity contribution in [3.8, 4) is 5.75 Å². The molecule has 1 saturated heterocycles. The lowest BCUT2D eigenvalue weighted by molar-refractivity contribution is 0.102. The maximum Gasteiger partial charge on any atom is 0.321 e. The summed E-state index contributed by atoms with van der Waals surface area (Å²) < 4.78 is 19.8. The van der Waals surface area contributed by atoms with Crippen LogP contribution in [0.1, 0.15) is 23.2 Å². The molecule has 2 aromatic carbocycles. The van der Waals surface area contributed by atoms with Crippen molar-refractivity contribution >= 4 is 44.3 Å². The fraction of sp³-hybridized carbons (Fsp3) is 0.250. The number of carbonyl (C=O) groups is 2. The number of carbonyl (C=O) groups excluding carboxylic acids is 2. The van der Waals surface area contributed by atoms with Gasteiger partial charge in [0.05, 0.1) is 28.6 Å². The molecule has 0 saturated carbocycles. The number of ether oxygens (including phenoxy) is 1. The predicted molar refractivity (Wildman–Crippen MR) is 110 cm³/mol. The first kappa shape index (κ1) is 19.1. The monoisotopic (exact) mass is 414 g/mol. The molecule has 3 amide bonds. The highest BCUT2D eigenvalue weighted by atomic mass is 32.1. The van der Waals surface area contributed by atoms with Crippen LogP contribution in [0.3, 0.4) is 0 Å². The smallest absolute Gasteiger partial charge is 0.321 e. The Morgan fingerprint density at radius 3 is 2.69 bits per heavy atom. The number of amides is 3. The number of nitrogens with zero attached hydrogens (tertiary/aromatic N) is 2. The lowest BCUT2D eigenvalue weighted by Crippen LogP contribution is -2.32. The Morgan fingerprint density at radius 1 is 1.14 bits per heavy atom. The molecule has 150 valence electrons. The Morgan fingerprint density at radius 2 is 1.93 bits per heavy atom. The number of thiazole rings is 1. The lowest BCUT2D eigenvalue weighted by Gasteiger charge is -2.17. The summed E-state index contributed by atoms with van der Waals surface area (Å²) in [5.74, 6) is -0.424. The summed E-state index contributed by atoms with van der Waals surface area (Å²) >= 11 is 1.28. The molecule has 7 nitrogen and oxygen atoms in total. The molecule has 0 atom stereocenters. The van der Waals surface area contributed by atoms with E-state index < -0.39 is 11.7 Å². The molecule has 2 heterocycles. The molecule has 1 aliphatic heterocycles. The van der Waals surface area contributed by atoms with Gasteiger partial charge in [0.15, 0.2) is 5.13 Å². The number of urea groups is 1. The van der Waals surface area contributed by atoms with Gasteiger partial charge in [-0.05, 0) is 49.2 Å². The average Bonchev–Trinajstić information content (AvgIpc) is 3.38. The highest BCUT2D eigenvalue weighted by molar-refractivity contribution is 7.22. The van der Waals surface area contributed by atoms with Gasteiger partial charge in [-0.2, -0.15) is 0 Å². The summed E-state index contributed by atoms with van der Waals surface area (Å²) in [5, 5.41) is 5.78. The van der Waals surface area contributed by atoms with E-state index >= 15 is 0 Å². The van der Waals surface area contributed by atoms with Crippen LogP contribution in [-0.4, -0.2) is 42.0 Å². The molecule has 9 heteroatoms. The maximum absolute atomic E-state index is 13.8. The molecule has 3 aromatic rings. The molecular weight excluding hydrogens is 395 g/mol. The lowest BCUT2D eigenvalue weighted by atomic mass is 10.1. The van der Waals surface area contributed by atoms with Gasteiger partial charge in [0, 0.05) is 13.1 Å². The Bertz CT molecular complexity index is 1080. The van der Waals surface area contributed by atoms with E-state index in [4.69, 9.17) is 4.74 Å². The zero-order chi connectivity index (χ0) is 20.4. The Kier molecular flexibility index (Phi) is 5.30. The molecule has 1 aromatic heterocycles. The summed E-state index contributed by atoms with van der Waals surface area (Å²) in [6.07, 6.45) is 1.90. The summed E-state index contributed by atoms with van der Waals surface area (Å²) in [4.78, 5) is 31.2. The first-order valence-corrected chi connectivity index (χ1v) is 9.96. The molecular formula is C20H19FN4O3S. The van der Waals surface area contributed by atoms with E-state index in [2.05, 4.69) is 15.6 Å². The first-order valence-electron chi connectivity index (χ1n) is 9.15. The van der Waals surface area contributed by atoms with E-state index in [0.29, 0.717) is 29.5 Å². The van der Waals surface area contributed by atoms with Gasteiger partial charge in [0.2, 0.25) is 0 Å². The number of anilines is 2.